The minimum absolute atomic E-state index is 0.125. The summed E-state index contributed by atoms with van der Waals surface area (Å²) in [5, 5.41) is 7.30. The number of nitrogens with one attached hydrogen (secondary N) is 1. The summed E-state index contributed by atoms with van der Waals surface area (Å²) in [6.07, 6.45) is 6.96. The van der Waals surface area contributed by atoms with Crippen LogP contribution in [-0.4, -0.2) is 34.7 Å². The number of aryl methyl sites for hydroxylation is 1. The van der Waals surface area contributed by atoms with Gasteiger partial charge in [0.2, 0.25) is 5.91 Å². The van der Waals surface area contributed by atoms with E-state index in [1.165, 1.54) is 0 Å². The summed E-state index contributed by atoms with van der Waals surface area (Å²) in [6.45, 7) is 2.90. The number of benzene rings is 1. The first kappa shape index (κ1) is 16.2. The van der Waals surface area contributed by atoms with Crippen LogP contribution in [0.4, 0.5) is 0 Å². The lowest BCUT2D eigenvalue weighted by atomic mass is 9.90. The van der Waals surface area contributed by atoms with Gasteiger partial charge in [0, 0.05) is 6.54 Å². The van der Waals surface area contributed by atoms with Crippen molar-refractivity contribution in [3.8, 4) is 5.75 Å². The average Bonchev–Trinajstić information content (AvgIpc) is 3.36. The molecule has 1 aliphatic carbocycles. The van der Waals surface area contributed by atoms with E-state index in [4.69, 9.17) is 4.74 Å². The summed E-state index contributed by atoms with van der Waals surface area (Å²) in [5.74, 6) is 1.10. The molecule has 1 aromatic carbocycles. The lowest BCUT2D eigenvalue weighted by Gasteiger charge is -2.38. The molecule has 5 nitrogen and oxygen atoms in total. The van der Waals surface area contributed by atoms with E-state index in [1.807, 2.05) is 30.5 Å². The average molecular weight is 339 g/mol. The monoisotopic (exact) mass is 339 g/mol. The molecule has 0 radical (unpaired) electrons. The number of aromatic amines is 1. The van der Waals surface area contributed by atoms with Crippen molar-refractivity contribution in [2.75, 3.05) is 13.7 Å². The van der Waals surface area contributed by atoms with Gasteiger partial charge in [-0.2, -0.15) is 5.10 Å². The Hall–Kier alpha value is -2.30. The van der Waals surface area contributed by atoms with Gasteiger partial charge in [0.25, 0.3) is 0 Å². The number of hydrogen-bond acceptors (Lipinski definition) is 3. The Morgan fingerprint density at radius 3 is 2.64 bits per heavy atom. The molecule has 2 heterocycles. The summed E-state index contributed by atoms with van der Waals surface area (Å²) < 4.78 is 5.25. The summed E-state index contributed by atoms with van der Waals surface area (Å²) in [6, 6.07) is 8.12. The lowest BCUT2D eigenvalue weighted by Crippen LogP contribution is -2.44. The van der Waals surface area contributed by atoms with Crippen molar-refractivity contribution >= 4 is 5.91 Å². The largest absolute Gasteiger partial charge is 0.497 e. The van der Waals surface area contributed by atoms with Gasteiger partial charge >= 0.3 is 0 Å². The van der Waals surface area contributed by atoms with Crippen LogP contribution in [0, 0.1) is 6.92 Å². The maximum atomic E-state index is 13.5. The van der Waals surface area contributed by atoms with Gasteiger partial charge in [-0.3, -0.25) is 9.89 Å². The molecule has 1 atom stereocenters. The maximum Gasteiger partial charge on any atom is 0.233 e. The molecule has 4 rings (SSSR count). The number of H-pyrrole nitrogens is 1. The molecule has 1 N–H and O–H groups in total. The molecule has 1 saturated carbocycles. The Morgan fingerprint density at radius 2 is 2.04 bits per heavy atom. The molecule has 25 heavy (non-hydrogen) atoms. The molecule has 2 aliphatic rings. The fraction of sp³-hybridized carbons (Fsp3) is 0.500. The highest BCUT2D eigenvalue weighted by Gasteiger charge is 2.54. The first-order valence-corrected chi connectivity index (χ1v) is 9.11. The summed E-state index contributed by atoms with van der Waals surface area (Å²) >= 11 is 0. The number of amides is 1. The molecule has 5 heteroatoms. The number of carbonyl (C=O) groups is 1. The highest BCUT2D eigenvalue weighted by Crippen LogP contribution is 2.51. The highest BCUT2D eigenvalue weighted by molar-refractivity contribution is 5.91. The first-order chi connectivity index (χ1) is 12.2. The van der Waals surface area contributed by atoms with Crippen molar-refractivity contribution in [2.45, 2.75) is 50.5 Å². The number of piperidine rings is 1. The van der Waals surface area contributed by atoms with E-state index in [-0.39, 0.29) is 17.4 Å². The number of methoxy groups -OCH3 is 1. The van der Waals surface area contributed by atoms with Crippen molar-refractivity contribution in [1.82, 2.24) is 15.1 Å². The van der Waals surface area contributed by atoms with Gasteiger partial charge in [-0.15, -0.1) is 0 Å². The molecule has 0 bridgehead atoms. The zero-order valence-corrected chi connectivity index (χ0v) is 14.9. The fourth-order valence-electron chi connectivity index (χ4n) is 4.10. The Balaban J connectivity index is 1.62. The van der Waals surface area contributed by atoms with E-state index in [0.29, 0.717) is 0 Å². The number of likely N-dealkylation sites (tertiary alicyclic amines) is 1. The molecule has 1 amide bonds. The van der Waals surface area contributed by atoms with Crippen LogP contribution in [-0.2, 0) is 10.2 Å². The van der Waals surface area contributed by atoms with Gasteiger partial charge in [-0.1, -0.05) is 12.1 Å². The lowest BCUT2D eigenvalue weighted by molar-refractivity contribution is -0.138. The van der Waals surface area contributed by atoms with E-state index >= 15 is 0 Å². The Labute approximate surface area is 148 Å². The van der Waals surface area contributed by atoms with Gasteiger partial charge in [-0.25, -0.2) is 0 Å². The molecule has 2 aromatic rings. The SMILES string of the molecule is COc1ccc(C2(C(=O)N3CCCC[C@@H]3c3[nH]ncc3C)CC2)cc1. The molecule has 0 spiro atoms. The van der Waals surface area contributed by atoms with E-state index in [1.54, 1.807) is 7.11 Å². The standard InChI is InChI=1S/C20H25N3O2/c1-14-13-21-22-18(14)17-5-3-4-12-23(17)19(24)20(10-11-20)15-6-8-16(25-2)9-7-15/h6-9,13,17H,3-5,10-12H2,1-2H3,(H,21,22)/t17-/m1/s1. The zero-order valence-electron chi connectivity index (χ0n) is 14.9. The van der Waals surface area contributed by atoms with Crippen LogP contribution in [0.15, 0.2) is 30.5 Å². The third kappa shape index (κ3) is 2.71. The molecule has 2 fully saturated rings. The Bertz CT molecular complexity index is 762. The molecule has 1 saturated heterocycles. The number of hydrogen-bond donors (Lipinski definition) is 1. The number of rotatable bonds is 4. The molecular weight excluding hydrogens is 314 g/mol. The van der Waals surface area contributed by atoms with Gasteiger partial charge in [-0.05, 0) is 62.3 Å². The molecule has 132 valence electrons. The Morgan fingerprint density at radius 1 is 1.28 bits per heavy atom. The van der Waals surface area contributed by atoms with Crippen LogP contribution >= 0.6 is 0 Å². The van der Waals surface area contributed by atoms with Crippen LogP contribution in [0.25, 0.3) is 0 Å². The quantitative estimate of drug-likeness (QED) is 0.927. The topological polar surface area (TPSA) is 58.2 Å². The van der Waals surface area contributed by atoms with Gasteiger partial charge in [0.15, 0.2) is 0 Å². The summed E-state index contributed by atoms with van der Waals surface area (Å²) in [5.41, 5.74) is 3.01. The number of ether oxygens (including phenoxy) is 1. The highest BCUT2D eigenvalue weighted by atomic mass is 16.5. The number of carbonyl (C=O) groups excluding carboxylic acids is 1. The summed E-state index contributed by atoms with van der Waals surface area (Å²) in [4.78, 5) is 15.6. The van der Waals surface area contributed by atoms with Gasteiger partial charge in [0.1, 0.15) is 5.75 Å². The molecule has 1 aliphatic heterocycles. The Kier molecular flexibility index (Phi) is 4.02. The third-order valence-corrected chi connectivity index (χ3v) is 5.77. The fourth-order valence-corrected chi connectivity index (χ4v) is 4.10. The second-order valence-corrected chi connectivity index (χ2v) is 7.29. The normalized spacial score (nSPS) is 21.8. The van der Waals surface area contributed by atoms with Gasteiger partial charge < -0.3 is 9.64 Å². The van der Waals surface area contributed by atoms with Crippen LogP contribution in [0.2, 0.25) is 0 Å². The summed E-state index contributed by atoms with van der Waals surface area (Å²) in [7, 11) is 1.66. The number of aromatic nitrogens is 2. The third-order valence-electron chi connectivity index (χ3n) is 5.77. The molecule has 0 unspecified atom stereocenters. The minimum atomic E-state index is -0.338. The molecular formula is C20H25N3O2. The van der Waals surface area contributed by atoms with Crippen LogP contribution < -0.4 is 4.74 Å². The van der Waals surface area contributed by atoms with Crippen LogP contribution in [0.5, 0.6) is 5.75 Å². The van der Waals surface area contributed by atoms with Crippen LogP contribution in [0.1, 0.15) is 55.0 Å². The van der Waals surface area contributed by atoms with E-state index in [0.717, 1.165) is 61.2 Å². The second kappa shape index (κ2) is 6.21. The van der Waals surface area contributed by atoms with Crippen molar-refractivity contribution in [3.63, 3.8) is 0 Å². The first-order valence-electron chi connectivity index (χ1n) is 9.11. The second-order valence-electron chi connectivity index (χ2n) is 7.29. The molecule has 1 aromatic heterocycles. The smallest absolute Gasteiger partial charge is 0.233 e. The van der Waals surface area contributed by atoms with Crippen molar-refractivity contribution < 1.29 is 9.53 Å². The van der Waals surface area contributed by atoms with E-state index < -0.39 is 0 Å². The zero-order chi connectivity index (χ0) is 17.4. The minimum Gasteiger partial charge on any atom is -0.497 e. The predicted octanol–water partition coefficient (Wildman–Crippen LogP) is 3.51. The van der Waals surface area contributed by atoms with E-state index in [2.05, 4.69) is 22.0 Å². The maximum absolute atomic E-state index is 13.5. The van der Waals surface area contributed by atoms with Crippen LogP contribution in [0.3, 0.4) is 0 Å². The number of nitrogens with zero attached hydrogens (tertiary/aromatic N) is 2. The van der Waals surface area contributed by atoms with Gasteiger partial charge in [0.05, 0.1) is 30.5 Å². The van der Waals surface area contributed by atoms with Crippen molar-refractivity contribution in [3.05, 3.63) is 47.3 Å². The van der Waals surface area contributed by atoms with Crippen molar-refractivity contribution in [1.29, 1.82) is 0 Å². The van der Waals surface area contributed by atoms with Crippen molar-refractivity contribution in [2.24, 2.45) is 0 Å². The predicted molar refractivity (Wildman–Crippen MR) is 95.5 cm³/mol. The van der Waals surface area contributed by atoms with E-state index in [9.17, 15) is 4.79 Å².